The highest BCUT2D eigenvalue weighted by molar-refractivity contribution is 6.33. The molecule has 0 aliphatic carbocycles. The van der Waals surface area contributed by atoms with Gasteiger partial charge in [0.1, 0.15) is 23.9 Å². The molecule has 1 heterocycles. The Morgan fingerprint density at radius 2 is 1.83 bits per heavy atom. The smallest absolute Gasteiger partial charge is 0.262 e. The number of carbonyl (C=O) groups is 1. The van der Waals surface area contributed by atoms with Crippen LogP contribution in [0.15, 0.2) is 59.0 Å². The summed E-state index contributed by atoms with van der Waals surface area (Å²) < 4.78 is 11.1. The van der Waals surface area contributed by atoms with Crippen LogP contribution in [0.2, 0.25) is 5.02 Å². The predicted octanol–water partition coefficient (Wildman–Crippen LogP) is 5.41. The van der Waals surface area contributed by atoms with Crippen molar-refractivity contribution < 1.29 is 19.1 Å². The molecule has 3 aromatic rings. The van der Waals surface area contributed by atoms with Crippen LogP contribution in [0.1, 0.15) is 32.1 Å². The molecular formula is C23H24ClNO4. The van der Waals surface area contributed by atoms with Crippen LogP contribution in [0.25, 0.3) is 11.3 Å². The van der Waals surface area contributed by atoms with Gasteiger partial charge in [-0.2, -0.15) is 0 Å². The largest absolute Gasteiger partial charge is 0.484 e. The molecule has 3 rings (SSSR count). The minimum Gasteiger partial charge on any atom is -0.484 e. The van der Waals surface area contributed by atoms with E-state index >= 15 is 0 Å². The molecule has 5 nitrogen and oxygen atoms in total. The third kappa shape index (κ3) is 5.40. The highest BCUT2D eigenvalue weighted by atomic mass is 35.5. The third-order valence-electron chi connectivity index (χ3n) is 4.43. The number of nitrogens with one attached hydrogen (secondary N) is 1. The number of furan rings is 1. The maximum Gasteiger partial charge on any atom is 0.262 e. The van der Waals surface area contributed by atoms with Crippen molar-refractivity contribution >= 4 is 23.2 Å². The Hall–Kier alpha value is -2.76. The van der Waals surface area contributed by atoms with Gasteiger partial charge in [-0.15, -0.1) is 0 Å². The fourth-order valence-corrected chi connectivity index (χ4v) is 2.94. The standard InChI is InChI=1S/C23H24ClNO4/c1-23(2,3)16-5-7-17(8-6-16)28-14-22(27)25-20-12-15(4-10-19(20)24)21-11-9-18(13-26)29-21/h4-12,26H,13-14H2,1-3H3,(H,25,27). The SMILES string of the molecule is CC(C)(C)c1ccc(OCC(=O)Nc2cc(-c3ccc(CO)o3)ccc2Cl)cc1. The molecule has 152 valence electrons. The first-order valence-electron chi connectivity index (χ1n) is 9.29. The van der Waals surface area contributed by atoms with Crippen LogP contribution < -0.4 is 10.1 Å². The molecule has 2 N–H and O–H groups in total. The number of amides is 1. The highest BCUT2D eigenvalue weighted by Gasteiger charge is 2.14. The molecule has 2 aromatic carbocycles. The quantitative estimate of drug-likeness (QED) is 0.567. The summed E-state index contributed by atoms with van der Waals surface area (Å²) in [6.45, 7) is 6.11. The molecule has 0 unspecified atom stereocenters. The van der Waals surface area contributed by atoms with Gasteiger partial charge in [-0.3, -0.25) is 4.79 Å². The van der Waals surface area contributed by atoms with Gasteiger partial charge in [-0.05, 0) is 53.4 Å². The topological polar surface area (TPSA) is 71.7 Å². The predicted molar refractivity (Wildman–Crippen MR) is 114 cm³/mol. The zero-order chi connectivity index (χ0) is 21.0. The van der Waals surface area contributed by atoms with Crippen LogP contribution in [0.3, 0.4) is 0 Å². The summed E-state index contributed by atoms with van der Waals surface area (Å²) in [5, 5.41) is 12.3. The molecule has 0 radical (unpaired) electrons. The lowest BCUT2D eigenvalue weighted by Gasteiger charge is -2.19. The number of benzene rings is 2. The Balaban J connectivity index is 1.63. The molecule has 0 bridgehead atoms. The monoisotopic (exact) mass is 413 g/mol. The summed E-state index contributed by atoms with van der Waals surface area (Å²) in [5.41, 5.74) is 2.45. The summed E-state index contributed by atoms with van der Waals surface area (Å²) in [7, 11) is 0. The minimum atomic E-state index is -0.320. The van der Waals surface area contributed by atoms with Crippen molar-refractivity contribution in [1.82, 2.24) is 0 Å². The lowest BCUT2D eigenvalue weighted by atomic mass is 9.87. The molecule has 1 amide bonds. The van der Waals surface area contributed by atoms with Crippen molar-refractivity contribution in [1.29, 1.82) is 0 Å². The number of carbonyl (C=O) groups excluding carboxylic acids is 1. The Morgan fingerprint density at radius 1 is 1.10 bits per heavy atom. The van der Waals surface area contributed by atoms with Crippen LogP contribution in [-0.2, 0) is 16.8 Å². The summed E-state index contributed by atoms with van der Waals surface area (Å²) in [6.07, 6.45) is 0. The molecule has 0 saturated carbocycles. The Kier molecular flexibility index (Phi) is 6.30. The van der Waals surface area contributed by atoms with Crippen molar-refractivity contribution in [2.75, 3.05) is 11.9 Å². The van der Waals surface area contributed by atoms with E-state index in [1.54, 1.807) is 30.3 Å². The van der Waals surface area contributed by atoms with Gasteiger partial charge in [0, 0.05) is 5.56 Å². The number of hydrogen-bond acceptors (Lipinski definition) is 4. The Morgan fingerprint density at radius 3 is 2.45 bits per heavy atom. The van der Waals surface area contributed by atoms with Gasteiger partial charge in [-0.25, -0.2) is 0 Å². The average Bonchev–Trinajstić information content (AvgIpc) is 3.17. The van der Waals surface area contributed by atoms with Gasteiger partial charge in [0.05, 0.1) is 10.7 Å². The number of halogens is 1. The van der Waals surface area contributed by atoms with E-state index in [9.17, 15) is 4.79 Å². The van der Waals surface area contributed by atoms with Gasteiger partial charge < -0.3 is 19.6 Å². The fraction of sp³-hybridized carbons (Fsp3) is 0.261. The number of aliphatic hydroxyl groups excluding tert-OH is 1. The van der Waals surface area contributed by atoms with Crippen LogP contribution in [0, 0.1) is 0 Å². The van der Waals surface area contributed by atoms with Gasteiger partial charge in [0.2, 0.25) is 0 Å². The number of aliphatic hydroxyl groups is 1. The summed E-state index contributed by atoms with van der Waals surface area (Å²) in [6, 6.07) is 16.3. The molecule has 0 fully saturated rings. The van der Waals surface area contributed by atoms with Gasteiger partial charge >= 0.3 is 0 Å². The van der Waals surface area contributed by atoms with Crippen molar-refractivity contribution in [2.45, 2.75) is 32.8 Å². The summed E-state index contributed by atoms with van der Waals surface area (Å²) in [4.78, 5) is 12.3. The normalized spacial score (nSPS) is 11.3. The summed E-state index contributed by atoms with van der Waals surface area (Å²) in [5.74, 6) is 1.35. The van der Waals surface area contributed by atoms with Gasteiger partial charge in [0.25, 0.3) is 5.91 Å². The number of anilines is 1. The van der Waals surface area contributed by atoms with E-state index in [0.717, 1.165) is 5.56 Å². The molecule has 0 aliphatic rings. The molecule has 0 saturated heterocycles. The zero-order valence-corrected chi connectivity index (χ0v) is 17.4. The van der Waals surface area contributed by atoms with Crippen LogP contribution in [0.5, 0.6) is 5.75 Å². The van der Waals surface area contributed by atoms with Crippen molar-refractivity contribution in [3.63, 3.8) is 0 Å². The van der Waals surface area contributed by atoms with E-state index in [1.165, 1.54) is 5.56 Å². The first-order chi connectivity index (χ1) is 13.8. The first-order valence-corrected chi connectivity index (χ1v) is 9.67. The molecule has 0 spiro atoms. The highest BCUT2D eigenvalue weighted by Crippen LogP contribution is 2.30. The average molecular weight is 414 g/mol. The molecule has 1 aromatic heterocycles. The second-order valence-electron chi connectivity index (χ2n) is 7.73. The first kappa shape index (κ1) is 21.0. The summed E-state index contributed by atoms with van der Waals surface area (Å²) >= 11 is 6.21. The Bertz CT molecular complexity index is 987. The molecule has 6 heteroatoms. The van der Waals surface area contributed by atoms with Crippen molar-refractivity contribution in [3.05, 3.63) is 70.9 Å². The van der Waals surface area contributed by atoms with Crippen molar-refractivity contribution in [3.8, 4) is 17.1 Å². The van der Waals surface area contributed by atoms with E-state index in [0.29, 0.717) is 28.0 Å². The molecule has 0 atom stereocenters. The second kappa shape index (κ2) is 8.72. The van der Waals surface area contributed by atoms with Gasteiger partial charge in [0.15, 0.2) is 6.61 Å². The van der Waals surface area contributed by atoms with Gasteiger partial charge in [-0.1, -0.05) is 44.5 Å². The Labute approximate surface area is 175 Å². The fourth-order valence-electron chi connectivity index (χ4n) is 2.78. The maximum absolute atomic E-state index is 12.3. The molecule has 29 heavy (non-hydrogen) atoms. The minimum absolute atomic E-state index is 0.0591. The molecular weight excluding hydrogens is 390 g/mol. The zero-order valence-electron chi connectivity index (χ0n) is 16.7. The van der Waals surface area contributed by atoms with E-state index in [4.69, 9.17) is 25.9 Å². The van der Waals surface area contributed by atoms with E-state index < -0.39 is 0 Å². The lowest BCUT2D eigenvalue weighted by molar-refractivity contribution is -0.118. The lowest BCUT2D eigenvalue weighted by Crippen LogP contribution is -2.20. The maximum atomic E-state index is 12.3. The number of rotatable bonds is 6. The number of ether oxygens (including phenoxy) is 1. The number of hydrogen-bond donors (Lipinski definition) is 2. The second-order valence-corrected chi connectivity index (χ2v) is 8.14. The van der Waals surface area contributed by atoms with Crippen LogP contribution in [0.4, 0.5) is 5.69 Å². The van der Waals surface area contributed by atoms with E-state index in [-0.39, 0.29) is 24.5 Å². The third-order valence-corrected chi connectivity index (χ3v) is 4.76. The van der Waals surface area contributed by atoms with E-state index in [2.05, 4.69) is 26.1 Å². The van der Waals surface area contributed by atoms with Crippen LogP contribution >= 0.6 is 11.6 Å². The van der Waals surface area contributed by atoms with Crippen molar-refractivity contribution in [2.24, 2.45) is 0 Å². The van der Waals surface area contributed by atoms with E-state index in [1.807, 2.05) is 24.3 Å². The molecule has 0 aliphatic heterocycles. The van der Waals surface area contributed by atoms with Crippen LogP contribution in [-0.4, -0.2) is 17.6 Å².